The molecule has 0 aromatic heterocycles. The molecule has 2 nitrogen and oxygen atoms in total. The van der Waals surface area contributed by atoms with E-state index in [-0.39, 0.29) is 18.9 Å². The second-order valence-electron chi connectivity index (χ2n) is 4.24. The molecule has 0 saturated carbocycles. The van der Waals surface area contributed by atoms with E-state index in [1.807, 2.05) is 0 Å². The van der Waals surface area contributed by atoms with Crippen molar-refractivity contribution in [1.29, 1.82) is 0 Å². The fourth-order valence-electron chi connectivity index (χ4n) is 1.87. The van der Waals surface area contributed by atoms with Crippen molar-refractivity contribution >= 4 is 5.91 Å². The van der Waals surface area contributed by atoms with Crippen molar-refractivity contribution in [3.63, 3.8) is 0 Å². The first-order valence-electron chi connectivity index (χ1n) is 5.21. The number of rotatable bonds is 1. The van der Waals surface area contributed by atoms with Crippen LogP contribution in [-0.2, 0) is 4.79 Å². The van der Waals surface area contributed by atoms with Gasteiger partial charge in [-0.15, -0.1) is 0 Å². The van der Waals surface area contributed by atoms with E-state index >= 15 is 0 Å². The van der Waals surface area contributed by atoms with Crippen LogP contribution in [0.4, 0.5) is 13.2 Å². The Bertz CT molecular complexity index is 237. The van der Waals surface area contributed by atoms with Gasteiger partial charge in [0, 0.05) is 12.5 Å². The third-order valence-electron chi connectivity index (χ3n) is 2.66. The zero-order chi connectivity index (χ0) is 11.6. The summed E-state index contributed by atoms with van der Waals surface area (Å²) in [4.78, 5) is 12.6. The minimum Gasteiger partial charge on any atom is -0.330 e. The Kier molecular flexibility index (Phi) is 3.62. The van der Waals surface area contributed by atoms with Gasteiger partial charge in [0.25, 0.3) is 0 Å². The standard InChI is InChI=1S/C10H16F3NO/c1-7(2)9(15)14-6-4-3-5-8(14)10(11,12)13/h7-8H,3-6H2,1-2H3. The Morgan fingerprint density at radius 1 is 1.33 bits per heavy atom. The number of alkyl halides is 3. The van der Waals surface area contributed by atoms with Crippen LogP contribution >= 0.6 is 0 Å². The van der Waals surface area contributed by atoms with Crippen LogP contribution in [0.3, 0.4) is 0 Å². The zero-order valence-corrected chi connectivity index (χ0v) is 8.97. The lowest BCUT2D eigenvalue weighted by atomic mass is 10.00. The Morgan fingerprint density at radius 3 is 2.40 bits per heavy atom. The number of likely N-dealkylation sites (tertiary alicyclic amines) is 1. The molecule has 0 aliphatic carbocycles. The number of hydrogen-bond acceptors (Lipinski definition) is 1. The second kappa shape index (κ2) is 4.41. The maximum Gasteiger partial charge on any atom is 0.408 e. The van der Waals surface area contributed by atoms with Gasteiger partial charge in [0.05, 0.1) is 0 Å². The molecule has 1 aliphatic heterocycles. The van der Waals surface area contributed by atoms with Gasteiger partial charge in [-0.2, -0.15) is 13.2 Å². The van der Waals surface area contributed by atoms with Gasteiger partial charge in [-0.05, 0) is 19.3 Å². The molecule has 88 valence electrons. The van der Waals surface area contributed by atoms with Gasteiger partial charge < -0.3 is 4.90 Å². The molecule has 1 atom stereocenters. The Balaban J connectivity index is 2.79. The second-order valence-corrected chi connectivity index (χ2v) is 4.24. The summed E-state index contributed by atoms with van der Waals surface area (Å²) in [6.45, 7) is 3.50. The van der Waals surface area contributed by atoms with Crippen LogP contribution in [0, 0.1) is 5.92 Å². The molecular weight excluding hydrogens is 207 g/mol. The van der Waals surface area contributed by atoms with E-state index < -0.39 is 18.1 Å². The highest BCUT2D eigenvalue weighted by Crippen LogP contribution is 2.32. The number of piperidine rings is 1. The van der Waals surface area contributed by atoms with Crippen LogP contribution in [0.1, 0.15) is 33.1 Å². The van der Waals surface area contributed by atoms with E-state index in [2.05, 4.69) is 0 Å². The predicted octanol–water partition coefficient (Wildman–Crippen LogP) is 2.59. The van der Waals surface area contributed by atoms with Crippen molar-refractivity contribution in [1.82, 2.24) is 4.90 Å². The van der Waals surface area contributed by atoms with Crippen molar-refractivity contribution in [2.75, 3.05) is 6.54 Å². The normalized spacial score (nSPS) is 23.3. The van der Waals surface area contributed by atoms with Gasteiger partial charge in [0.1, 0.15) is 6.04 Å². The molecule has 5 heteroatoms. The fourth-order valence-corrected chi connectivity index (χ4v) is 1.87. The SMILES string of the molecule is CC(C)C(=O)N1CCCCC1C(F)(F)F. The lowest BCUT2D eigenvalue weighted by Gasteiger charge is -2.37. The lowest BCUT2D eigenvalue weighted by molar-refractivity contribution is -0.197. The first kappa shape index (κ1) is 12.3. The third kappa shape index (κ3) is 2.86. The van der Waals surface area contributed by atoms with E-state index in [9.17, 15) is 18.0 Å². The Labute approximate surface area is 87.4 Å². The molecule has 0 spiro atoms. The van der Waals surface area contributed by atoms with Gasteiger partial charge in [0.15, 0.2) is 0 Å². The van der Waals surface area contributed by atoms with Crippen LogP contribution in [0.2, 0.25) is 0 Å². The smallest absolute Gasteiger partial charge is 0.330 e. The molecule has 0 aromatic rings. The van der Waals surface area contributed by atoms with Gasteiger partial charge in [-0.3, -0.25) is 4.79 Å². The average molecular weight is 223 g/mol. The molecule has 1 fully saturated rings. The number of halogens is 3. The topological polar surface area (TPSA) is 20.3 Å². The monoisotopic (exact) mass is 223 g/mol. The lowest BCUT2D eigenvalue weighted by Crippen LogP contribution is -2.52. The summed E-state index contributed by atoms with van der Waals surface area (Å²) >= 11 is 0. The molecule has 1 rings (SSSR count). The van der Waals surface area contributed by atoms with Crippen molar-refractivity contribution in [3.05, 3.63) is 0 Å². The summed E-state index contributed by atoms with van der Waals surface area (Å²) in [5.41, 5.74) is 0. The molecule has 0 radical (unpaired) electrons. The molecule has 1 amide bonds. The van der Waals surface area contributed by atoms with Crippen LogP contribution in [0.5, 0.6) is 0 Å². The van der Waals surface area contributed by atoms with Gasteiger partial charge >= 0.3 is 6.18 Å². The van der Waals surface area contributed by atoms with E-state index in [0.717, 1.165) is 4.90 Å². The third-order valence-corrected chi connectivity index (χ3v) is 2.66. The van der Waals surface area contributed by atoms with Crippen LogP contribution in [0.15, 0.2) is 0 Å². The van der Waals surface area contributed by atoms with Gasteiger partial charge in [0.2, 0.25) is 5.91 Å². The summed E-state index contributed by atoms with van der Waals surface area (Å²) in [6.07, 6.45) is -3.02. The minimum atomic E-state index is -4.29. The molecule has 1 aliphatic rings. The summed E-state index contributed by atoms with van der Waals surface area (Å²) in [6, 6.07) is -1.57. The van der Waals surface area contributed by atoms with E-state index in [4.69, 9.17) is 0 Å². The van der Waals surface area contributed by atoms with E-state index in [0.29, 0.717) is 12.8 Å². The van der Waals surface area contributed by atoms with E-state index in [1.165, 1.54) is 0 Å². The summed E-state index contributed by atoms with van der Waals surface area (Å²) in [5, 5.41) is 0. The maximum atomic E-state index is 12.6. The zero-order valence-electron chi connectivity index (χ0n) is 8.97. The van der Waals surface area contributed by atoms with Crippen molar-refractivity contribution < 1.29 is 18.0 Å². The molecular formula is C10H16F3NO. The Hall–Kier alpha value is -0.740. The average Bonchev–Trinajstić information content (AvgIpc) is 2.15. The number of hydrogen-bond donors (Lipinski definition) is 0. The highest BCUT2D eigenvalue weighted by Gasteiger charge is 2.46. The predicted molar refractivity (Wildman–Crippen MR) is 50.2 cm³/mol. The highest BCUT2D eigenvalue weighted by molar-refractivity contribution is 5.78. The first-order valence-corrected chi connectivity index (χ1v) is 5.21. The highest BCUT2D eigenvalue weighted by atomic mass is 19.4. The largest absolute Gasteiger partial charge is 0.408 e. The quantitative estimate of drug-likeness (QED) is 0.669. The summed E-state index contributed by atoms with van der Waals surface area (Å²) in [5.74, 6) is -0.759. The van der Waals surface area contributed by atoms with Crippen LogP contribution in [-0.4, -0.2) is 29.6 Å². The first-order chi connectivity index (χ1) is 6.84. The molecule has 0 aromatic carbocycles. The molecule has 0 N–H and O–H groups in total. The minimum absolute atomic E-state index is 0.0436. The molecule has 1 unspecified atom stereocenters. The molecule has 0 bridgehead atoms. The number of carbonyl (C=O) groups excluding carboxylic acids is 1. The number of nitrogens with zero attached hydrogens (tertiary/aromatic N) is 1. The maximum absolute atomic E-state index is 12.6. The Morgan fingerprint density at radius 2 is 1.93 bits per heavy atom. The summed E-state index contributed by atoms with van der Waals surface area (Å²) in [7, 11) is 0. The van der Waals surface area contributed by atoms with Gasteiger partial charge in [-0.1, -0.05) is 13.8 Å². The fraction of sp³-hybridized carbons (Fsp3) is 0.900. The van der Waals surface area contributed by atoms with Crippen LogP contribution < -0.4 is 0 Å². The van der Waals surface area contributed by atoms with Crippen molar-refractivity contribution in [2.24, 2.45) is 5.92 Å². The van der Waals surface area contributed by atoms with Gasteiger partial charge in [-0.25, -0.2) is 0 Å². The number of carbonyl (C=O) groups is 1. The van der Waals surface area contributed by atoms with E-state index in [1.54, 1.807) is 13.8 Å². The summed E-state index contributed by atoms with van der Waals surface area (Å²) < 4.78 is 37.9. The molecule has 1 saturated heterocycles. The van der Waals surface area contributed by atoms with Crippen molar-refractivity contribution in [2.45, 2.75) is 45.3 Å². The van der Waals surface area contributed by atoms with Crippen LogP contribution in [0.25, 0.3) is 0 Å². The molecule has 15 heavy (non-hydrogen) atoms. The molecule has 1 heterocycles. The number of amides is 1. The van der Waals surface area contributed by atoms with Crippen molar-refractivity contribution in [3.8, 4) is 0 Å².